The quantitative estimate of drug-likeness (QED) is 0.811. The summed E-state index contributed by atoms with van der Waals surface area (Å²) in [5.74, 6) is -0.250. The second-order valence-corrected chi connectivity index (χ2v) is 5.65. The Morgan fingerprint density at radius 1 is 1.14 bits per heavy atom. The summed E-state index contributed by atoms with van der Waals surface area (Å²) in [5, 5.41) is 3.13. The molecule has 0 bridgehead atoms. The van der Waals surface area contributed by atoms with Gasteiger partial charge in [-0.3, -0.25) is 14.4 Å². The summed E-state index contributed by atoms with van der Waals surface area (Å²) in [6.07, 6.45) is 1.54. The first-order chi connectivity index (χ1) is 10.7. The number of fused-ring (bicyclic) bond motifs is 4. The van der Waals surface area contributed by atoms with E-state index >= 15 is 0 Å². The van der Waals surface area contributed by atoms with Crippen LogP contribution in [0.2, 0.25) is 0 Å². The lowest BCUT2D eigenvalue weighted by Gasteiger charge is -2.24. The fourth-order valence-electron chi connectivity index (χ4n) is 3.49. The molecular weight excluding hydrogens is 280 g/mol. The van der Waals surface area contributed by atoms with Crippen molar-refractivity contribution >= 4 is 28.3 Å². The van der Waals surface area contributed by atoms with Gasteiger partial charge in [0.15, 0.2) is 0 Å². The molecular formula is C17H16N2O3. The first-order valence-electron chi connectivity index (χ1n) is 7.43. The lowest BCUT2D eigenvalue weighted by Crippen LogP contribution is -2.44. The lowest BCUT2D eigenvalue weighted by molar-refractivity contribution is -0.128. The van der Waals surface area contributed by atoms with Crippen LogP contribution in [0.25, 0.3) is 10.8 Å². The van der Waals surface area contributed by atoms with E-state index in [9.17, 15) is 9.59 Å². The predicted octanol–water partition coefficient (Wildman–Crippen LogP) is 2.35. The van der Waals surface area contributed by atoms with Crippen LogP contribution in [-0.2, 0) is 9.63 Å². The normalized spacial score (nSPS) is 21.0. The van der Waals surface area contributed by atoms with Crippen LogP contribution in [-0.4, -0.2) is 36.4 Å². The molecule has 2 aromatic carbocycles. The summed E-state index contributed by atoms with van der Waals surface area (Å²) in [4.78, 5) is 32.7. The molecule has 2 aliphatic heterocycles. The average Bonchev–Trinajstić information content (AvgIpc) is 3.01. The minimum absolute atomic E-state index is 0.0869. The molecule has 2 amide bonds. The molecule has 0 spiro atoms. The van der Waals surface area contributed by atoms with Gasteiger partial charge in [0.1, 0.15) is 6.04 Å². The molecule has 1 fully saturated rings. The zero-order valence-electron chi connectivity index (χ0n) is 12.3. The SMILES string of the molecule is CON1C(=O)[C@@H]2CCCN2C(=O)c2ccc3ccccc3c21. The molecule has 0 aromatic heterocycles. The highest BCUT2D eigenvalue weighted by Gasteiger charge is 2.43. The smallest absolute Gasteiger partial charge is 0.273 e. The van der Waals surface area contributed by atoms with Gasteiger partial charge in [-0.15, -0.1) is 0 Å². The summed E-state index contributed by atoms with van der Waals surface area (Å²) < 4.78 is 0. The Balaban J connectivity index is 2.03. The summed E-state index contributed by atoms with van der Waals surface area (Å²) in [6, 6.07) is 11.0. The minimum atomic E-state index is -0.418. The van der Waals surface area contributed by atoms with Crippen molar-refractivity contribution in [2.24, 2.45) is 0 Å². The molecule has 0 saturated carbocycles. The Kier molecular flexibility index (Phi) is 2.90. The molecule has 0 aliphatic carbocycles. The highest BCUT2D eigenvalue weighted by Crippen LogP contribution is 2.37. The van der Waals surface area contributed by atoms with Gasteiger partial charge in [0.05, 0.1) is 18.4 Å². The van der Waals surface area contributed by atoms with E-state index in [1.807, 2.05) is 30.3 Å². The molecule has 0 N–H and O–H groups in total. The zero-order valence-corrected chi connectivity index (χ0v) is 12.3. The van der Waals surface area contributed by atoms with Crippen molar-refractivity contribution in [3.63, 3.8) is 0 Å². The lowest BCUT2D eigenvalue weighted by atomic mass is 10.0. The van der Waals surface area contributed by atoms with Crippen LogP contribution >= 0.6 is 0 Å². The molecule has 1 saturated heterocycles. The highest BCUT2D eigenvalue weighted by atomic mass is 16.7. The Bertz CT molecular complexity index is 787. The number of carbonyl (C=O) groups excluding carboxylic acids is 2. The van der Waals surface area contributed by atoms with Gasteiger partial charge in [0.25, 0.3) is 11.8 Å². The molecule has 5 heteroatoms. The highest BCUT2D eigenvalue weighted by molar-refractivity contribution is 6.16. The second-order valence-electron chi connectivity index (χ2n) is 5.65. The minimum Gasteiger partial charge on any atom is -0.326 e. The Hall–Kier alpha value is -2.40. The molecule has 0 radical (unpaired) electrons. The first kappa shape index (κ1) is 13.3. The Morgan fingerprint density at radius 3 is 2.77 bits per heavy atom. The third-order valence-corrected chi connectivity index (χ3v) is 4.52. The maximum atomic E-state index is 12.9. The Labute approximate surface area is 128 Å². The topological polar surface area (TPSA) is 49.9 Å². The largest absolute Gasteiger partial charge is 0.326 e. The summed E-state index contributed by atoms with van der Waals surface area (Å²) in [7, 11) is 1.47. The number of amides is 2. The average molecular weight is 296 g/mol. The summed E-state index contributed by atoms with van der Waals surface area (Å²) >= 11 is 0. The fraction of sp³-hybridized carbons (Fsp3) is 0.294. The van der Waals surface area contributed by atoms with E-state index in [1.54, 1.807) is 11.0 Å². The van der Waals surface area contributed by atoms with E-state index in [4.69, 9.17) is 4.84 Å². The van der Waals surface area contributed by atoms with E-state index in [1.165, 1.54) is 12.2 Å². The summed E-state index contributed by atoms with van der Waals surface area (Å²) in [5.41, 5.74) is 1.09. The van der Waals surface area contributed by atoms with Crippen LogP contribution in [0.4, 0.5) is 5.69 Å². The number of hydroxylamine groups is 1. The van der Waals surface area contributed by atoms with Gasteiger partial charge < -0.3 is 4.90 Å². The second kappa shape index (κ2) is 4.81. The van der Waals surface area contributed by atoms with Gasteiger partial charge in [-0.05, 0) is 24.3 Å². The van der Waals surface area contributed by atoms with Crippen molar-refractivity contribution < 1.29 is 14.4 Å². The first-order valence-corrected chi connectivity index (χ1v) is 7.43. The predicted molar refractivity (Wildman–Crippen MR) is 82.5 cm³/mol. The van der Waals surface area contributed by atoms with Gasteiger partial charge in [0, 0.05) is 11.9 Å². The number of hydrogen-bond acceptors (Lipinski definition) is 3. The van der Waals surface area contributed by atoms with Gasteiger partial charge in [-0.2, -0.15) is 5.06 Å². The standard InChI is InChI=1S/C17H16N2O3/c1-22-19-15-12-6-3-2-5-11(12)8-9-13(15)16(20)18-10-4-7-14(18)17(19)21/h2-3,5-6,8-9,14H,4,7,10H2,1H3/t14-/m0/s1. The zero-order chi connectivity index (χ0) is 15.3. The molecule has 2 aliphatic rings. The number of hydrogen-bond donors (Lipinski definition) is 0. The van der Waals surface area contributed by atoms with Crippen molar-refractivity contribution in [1.29, 1.82) is 0 Å². The number of benzene rings is 2. The molecule has 4 rings (SSSR count). The molecule has 2 aromatic rings. The molecule has 5 nitrogen and oxygen atoms in total. The maximum Gasteiger partial charge on any atom is 0.273 e. The van der Waals surface area contributed by atoms with E-state index in [0.29, 0.717) is 24.2 Å². The maximum absolute atomic E-state index is 12.9. The molecule has 0 unspecified atom stereocenters. The van der Waals surface area contributed by atoms with Gasteiger partial charge in [-0.1, -0.05) is 30.3 Å². The number of anilines is 1. The van der Waals surface area contributed by atoms with Crippen molar-refractivity contribution in [3.05, 3.63) is 42.0 Å². The fourth-order valence-corrected chi connectivity index (χ4v) is 3.49. The van der Waals surface area contributed by atoms with Crippen LogP contribution in [0, 0.1) is 0 Å². The number of nitrogens with zero attached hydrogens (tertiary/aromatic N) is 2. The van der Waals surface area contributed by atoms with Gasteiger partial charge in [0.2, 0.25) is 0 Å². The van der Waals surface area contributed by atoms with Gasteiger partial charge >= 0.3 is 0 Å². The van der Waals surface area contributed by atoms with E-state index in [-0.39, 0.29) is 11.8 Å². The summed E-state index contributed by atoms with van der Waals surface area (Å²) in [6.45, 7) is 0.624. The van der Waals surface area contributed by atoms with Crippen LogP contribution in [0.3, 0.4) is 0 Å². The van der Waals surface area contributed by atoms with Crippen LogP contribution < -0.4 is 5.06 Å². The van der Waals surface area contributed by atoms with Crippen molar-refractivity contribution in [3.8, 4) is 0 Å². The molecule has 22 heavy (non-hydrogen) atoms. The van der Waals surface area contributed by atoms with Crippen molar-refractivity contribution in [2.75, 3.05) is 18.7 Å². The molecule has 2 heterocycles. The molecule has 1 atom stereocenters. The van der Waals surface area contributed by atoms with Crippen LogP contribution in [0.1, 0.15) is 23.2 Å². The van der Waals surface area contributed by atoms with Crippen LogP contribution in [0.5, 0.6) is 0 Å². The van der Waals surface area contributed by atoms with E-state index in [0.717, 1.165) is 17.2 Å². The van der Waals surface area contributed by atoms with Crippen molar-refractivity contribution in [1.82, 2.24) is 4.90 Å². The third kappa shape index (κ3) is 1.69. The third-order valence-electron chi connectivity index (χ3n) is 4.52. The molecule has 112 valence electrons. The van der Waals surface area contributed by atoms with E-state index in [2.05, 4.69) is 0 Å². The monoisotopic (exact) mass is 296 g/mol. The number of rotatable bonds is 1. The van der Waals surface area contributed by atoms with Gasteiger partial charge in [-0.25, -0.2) is 0 Å². The Morgan fingerprint density at radius 2 is 1.95 bits per heavy atom. The number of carbonyl (C=O) groups is 2. The van der Waals surface area contributed by atoms with E-state index < -0.39 is 6.04 Å². The van der Waals surface area contributed by atoms with Crippen molar-refractivity contribution in [2.45, 2.75) is 18.9 Å². The van der Waals surface area contributed by atoms with Crippen LogP contribution in [0.15, 0.2) is 36.4 Å².